The number of aromatic nitrogens is 1. The summed E-state index contributed by atoms with van der Waals surface area (Å²) < 4.78 is 37.1. The third kappa shape index (κ3) is 3.08. The fourth-order valence-corrected chi connectivity index (χ4v) is 1.72. The van der Waals surface area contributed by atoms with E-state index in [9.17, 15) is 13.2 Å². The van der Waals surface area contributed by atoms with E-state index in [2.05, 4.69) is 20.9 Å². The summed E-state index contributed by atoms with van der Waals surface area (Å²) in [6, 6.07) is 2.06. The Morgan fingerprint density at radius 2 is 2.00 bits per heavy atom. The Morgan fingerprint density at radius 1 is 1.38 bits per heavy atom. The summed E-state index contributed by atoms with van der Waals surface area (Å²) in [6.45, 7) is 0. The molecule has 0 saturated carbocycles. The molecule has 72 valence electrons. The van der Waals surface area contributed by atoms with Crippen molar-refractivity contribution in [2.24, 2.45) is 0 Å². The zero-order valence-corrected chi connectivity index (χ0v) is 9.94. The van der Waals surface area contributed by atoms with Crippen molar-refractivity contribution in [2.45, 2.75) is 11.5 Å². The van der Waals surface area contributed by atoms with Crippen molar-refractivity contribution in [3.8, 4) is 0 Å². The van der Waals surface area contributed by atoms with Crippen LogP contribution in [0.15, 0.2) is 12.1 Å². The Labute approximate surface area is 95.0 Å². The van der Waals surface area contributed by atoms with Gasteiger partial charge in [0.25, 0.3) is 0 Å². The molecular weight excluding hydrogens is 362 g/mol. The maximum atomic E-state index is 12.2. The highest BCUT2D eigenvalue weighted by molar-refractivity contribution is 14.1. The second kappa shape index (κ2) is 4.12. The second-order valence-corrected chi connectivity index (χ2v) is 3.97. The Bertz CT molecular complexity index is 313. The summed E-state index contributed by atoms with van der Waals surface area (Å²) in [5.74, 6) is 0. The van der Waals surface area contributed by atoms with Gasteiger partial charge >= 0.3 is 6.18 Å². The van der Waals surface area contributed by atoms with Crippen molar-refractivity contribution < 1.29 is 13.2 Å². The van der Waals surface area contributed by atoms with Gasteiger partial charge in [-0.15, -0.1) is 0 Å². The number of rotatable bonds is 1. The van der Waals surface area contributed by atoms with Crippen molar-refractivity contribution in [3.63, 3.8) is 0 Å². The van der Waals surface area contributed by atoms with E-state index in [1.54, 1.807) is 22.6 Å². The van der Waals surface area contributed by atoms with Gasteiger partial charge in [-0.25, -0.2) is 4.98 Å². The smallest absolute Gasteiger partial charge is 0.246 e. The number of halogens is 5. The summed E-state index contributed by atoms with van der Waals surface area (Å²) in [5, 5.41) is 0.326. The molecule has 1 heterocycles. The lowest BCUT2D eigenvalue weighted by atomic mass is 10.2. The van der Waals surface area contributed by atoms with E-state index in [1.807, 2.05) is 0 Å². The molecule has 0 aliphatic heterocycles. The summed E-state index contributed by atoms with van der Waals surface area (Å²) in [4.78, 5) is 3.91. The monoisotopic (exact) mass is 365 g/mol. The lowest BCUT2D eigenvalue weighted by molar-refractivity contribution is -0.137. The van der Waals surface area contributed by atoms with E-state index < -0.39 is 11.7 Å². The number of alkyl halides is 4. The van der Waals surface area contributed by atoms with Gasteiger partial charge in [0, 0.05) is 5.33 Å². The molecule has 0 bridgehead atoms. The first-order valence-electron chi connectivity index (χ1n) is 3.23. The lowest BCUT2D eigenvalue weighted by Crippen LogP contribution is -2.07. The molecule has 0 aliphatic carbocycles. The number of nitrogens with zero attached hydrogens (tertiary/aromatic N) is 1. The highest BCUT2D eigenvalue weighted by Crippen LogP contribution is 2.30. The predicted octanol–water partition coefficient (Wildman–Crippen LogP) is 3.60. The van der Waals surface area contributed by atoms with Gasteiger partial charge in [-0.05, 0) is 34.7 Å². The van der Waals surface area contributed by atoms with Gasteiger partial charge in [-0.1, -0.05) is 15.9 Å². The van der Waals surface area contributed by atoms with Crippen LogP contribution in [0.5, 0.6) is 0 Å². The molecule has 0 N–H and O–H groups in total. The fraction of sp³-hybridized carbons (Fsp3) is 0.286. The molecule has 1 rings (SSSR count). The molecule has 0 atom stereocenters. The lowest BCUT2D eigenvalue weighted by Gasteiger charge is -2.07. The third-order valence-corrected chi connectivity index (χ3v) is 2.44. The van der Waals surface area contributed by atoms with Crippen LogP contribution in [0.2, 0.25) is 0 Å². The van der Waals surface area contributed by atoms with Crippen LogP contribution in [0.3, 0.4) is 0 Å². The predicted molar refractivity (Wildman–Crippen MR) is 54.6 cm³/mol. The average molecular weight is 366 g/mol. The first-order chi connectivity index (χ1) is 5.93. The molecule has 0 saturated heterocycles. The largest absolute Gasteiger partial charge is 0.416 e. The maximum absolute atomic E-state index is 12.2. The van der Waals surface area contributed by atoms with Gasteiger partial charge in [-0.2, -0.15) is 13.2 Å². The van der Waals surface area contributed by atoms with Crippen LogP contribution in [0.4, 0.5) is 13.2 Å². The molecule has 0 aliphatic rings. The van der Waals surface area contributed by atoms with E-state index in [4.69, 9.17) is 0 Å². The van der Waals surface area contributed by atoms with Crippen molar-refractivity contribution in [2.75, 3.05) is 0 Å². The minimum atomic E-state index is -4.29. The minimum Gasteiger partial charge on any atom is -0.246 e. The Kier molecular flexibility index (Phi) is 3.56. The topological polar surface area (TPSA) is 12.9 Å². The normalized spacial score (nSPS) is 11.8. The fourth-order valence-electron chi connectivity index (χ4n) is 0.783. The van der Waals surface area contributed by atoms with Crippen molar-refractivity contribution in [1.29, 1.82) is 0 Å². The zero-order chi connectivity index (χ0) is 10.1. The number of hydrogen-bond donors (Lipinski definition) is 0. The van der Waals surface area contributed by atoms with Crippen molar-refractivity contribution in [3.05, 3.63) is 27.1 Å². The molecule has 0 spiro atoms. The molecular formula is C7H4BrF3IN. The van der Waals surface area contributed by atoms with E-state index >= 15 is 0 Å². The number of pyridine rings is 1. The van der Waals surface area contributed by atoms with Gasteiger partial charge in [0.2, 0.25) is 0 Å². The summed E-state index contributed by atoms with van der Waals surface area (Å²) in [7, 11) is 0. The summed E-state index contributed by atoms with van der Waals surface area (Å²) in [5.41, 5.74) is -0.263. The molecule has 0 aromatic carbocycles. The highest BCUT2D eigenvalue weighted by atomic mass is 127. The van der Waals surface area contributed by atoms with Gasteiger partial charge in [0.05, 0.1) is 11.3 Å². The molecule has 0 radical (unpaired) electrons. The molecule has 1 nitrogen and oxygen atoms in total. The van der Waals surface area contributed by atoms with Gasteiger partial charge in [-0.3, -0.25) is 0 Å². The number of hydrogen-bond acceptors (Lipinski definition) is 1. The van der Waals surface area contributed by atoms with Gasteiger partial charge in [0.15, 0.2) is 0 Å². The van der Waals surface area contributed by atoms with E-state index in [0.717, 1.165) is 12.1 Å². The van der Waals surface area contributed by atoms with Gasteiger partial charge in [0.1, 0.15) is 3.70 Å². The Balaban J connectivity index is 3.16. The molecule has 6 heteroatoms. The Morgan fingerprint density at radius 3 is 2.46 bits per heavy atom. The minimum absolute atomic E-state index is 0.326. The van der Waals surface area contributed by atoms with Crippen LogP contribution in [0.25, 0.3) is 0 Å². The molecule has 1 aromatic rings. The van der Waals surface area contributed by atoms with Gasteiger partial charge < -0.3 is 0 Å². The van der Waals surface area contributed by atoms with E-state index in [1.165, 1.54) is 0 Å². The van der Waals surface area contributed by atoms with Crippen LogP contribution < -0.4 is 0 Å². The van der Waals surface area contributed by atoms with Crippen molar-refractivity contribution in [1.82, 2.24) is 4.98 Å². The SMILES string of the molecule is FC(F)(F)c1cc(I)nc(CBr)c1. The highest BCUT2D eigenvalue weighted by Gasteiger charge is 2.31. The van der Waals surface area contributed by atoms with Crippen LogP contribution in [-0.2, 0) is 11.5 Å². The van der Waals surface area contributed by atoms with Crippen LogP contribution in [-0.4, -0.2) is 4.98 Å². The third-order valence-electron chi connectivity index (χ3n) is 1.31. The van der Waals surface area contributed by atoms with E-state index in [0.29, 0.717) is 14.7 Å². The Hall–Kier alpha value is 0.150. The van der Waals surface area contributed by atoms with E-state index in [-0.39, 0.29) is 0 Å². The molecule has 0 amide bonds. The second-order valence-electron chi connectivity index (χ2n) is 2.30. The zero-order valence-electron chi connectivity index (χ0n) is 6.20. The standard InChI is InChI=1S/C7H4BrF3IN/c8-3-5-1-4(7(9,10)11)2-6(12)13-5/h1-2H,3H2. The quantitative estimate of drug-likeness (QED) is 0.421. The molecule has 13 heavy (non-hydrogen) atoms. The molecule has 1 aromatic heterocycles. The van der Waals surface area contributed by atoms with Crippen molar-refractivity contribution >= 4 is 38.5 Å². The summed E-state index contributed by atoms with van der Waals surface area (Å²) >= 11 is 4.82. The maximum Gasteiger partial charge on any atom is 0.416 e. The van der Waals surface area contributed by atoms with Crippen LogP contribution in [0, 0.1) is 3.70 Å². The van der Waals surface area contributed by atoms with Crippen LogP contribution in [0.1, 0.15) is 11.3 Å². The average Bonchev–Trinajstić information content (AvgIpc) is 2.01. The van der Waals surface area contributed by atoms with Crippen LogP contribution >= 0.6 is 38.5 Å². The first kappa shape index (κ1) is 11.2. The molecule has 0 unspecified atom stereocenters. The molecule has 0 fully saturated rings. The summed E-state index contributed by atoms with van der Waals surface area (Å²) in [6.07, 6.45) is -4.29. The first-order valence-corrected chi connectivity index (χ1v) is 5.43.